The molecule has 4 aromatic rings. The number of ether oxygens (including phenoxy) is 2. The van der Waals surface area contributed by atoms with Crippen LogP contribution in [0.5, 0.6) is 0 Å². The van der Waals surface area contributed by atoms with Gasteiger partial charge in [-0.05, 0) is 24.6 Å². The molecule has 0 aliphatic rings. The lowest BCUT2D eigenvalue weighted by Gasteiger charge is -2.07. The van der Waals surface area contributed by atoms with Crippen LogP contribution in [0, 0.1) is 11.6 Å². The van der Waals surface area contributed by atoms with Crippen molar-refractivity contribution in [3.05, 3.63) is 101 Å². The van der Waals surface area contributed by atoms with Crippen LogP contribution in [0.25, 0.3) is 10.9 Å². The third kappa shape index (κ3) is 4.84. The first-order valence-corrected chi connectivity index (χ1v) is 10.3. The van der Waals surface area contributed by atoms with Crippen molar-refractivity contribution in [3.8, 4) is 0 Å². The number of halogens is 2. The zero-order valence-electron chi connectivity index (χ0n) is 17.6. The molecule has 0 spiro atoms. The maximum absolute atomic E-state index is 14.2. The van der Waals surface area contributed by atoms with Crippen LogP contribution in [0.3, 0.4) is 0 Å². The number of hydrogen-bond donors (Lipinski definition) is 0. The summed E-state index contributed by atoms with van der Waals surface area (Å²) in [6.45, 7) is 2.87. The van der Waals surface area contributed by atoms with Gasteiger partial charge in [0.2, 0.25) is 0 Å². The Morgan fingerprint density at radius 1 is 1.03 bits per heavy atom. The van der Waals surface area contributed by atoms with Crippen LogP contribution in [0.2, 0.25) is 0 Å². The van der Waals surface area contributed by atoms with Crippen LogP contribution in [0.15, 0.2) is 67.0 Å². The minimum atomic E-state index is -0.626. The highest BCUT2D eigenvalue weighted by Crippen LogP contribution is 2.25. The number of pyridine rings is 1. The lowest BCUT2D eigenvalue weighted by molar-refractivity contribution is 0.0519. The first kappa shape index (κ1) is 21.6. The molecule has 0 aliphatic heterocycles. The van der Waals surface area contributed by atoms with E-state index in [0.29, 0.717) is 17.7 Å². The molecule has 2 aromatic carbocycles. The van der Waals surface area contributed by atoms with Crippen molar-refractivity contribution in [1.82, 2.24) is 9.55 Å². The fourth-order valence-electron chi connectivity index (χ4n) is 3.51. The van der Waals surface area contributed by atoms with E-state index in [0.717, 1.165) is 22.6 Å². The number of esters is 1. The summed E-state index contributed by atoms with van der Waals surface area (Å²) in [5.74, 6) is -1.76. The van der Waals surface area contributed by atoms with Crippen LogP contribution >= 0.6 is 0 Å². The second-order valence-electron chi connectivity index (χ2n) is 7.30. The van der Waals surface area contributed by atoms with Crippen LogP contribution in [0.4, 0.5) is 8.78 Å². The molecule has 4 rings (SSSR count). The SMILES string of the molecule is CCOC(=O)c1cc2c(COCc3ccccc3)cn(Cc3ccc(F)cc3F)c2cn1. The molecule has 0 saturated heterocycles. The molecule has 2 heterocycles. The molecule has 164 valence electrons. The highest BCUT2D eigenvalue weighted by atomic mass is 19.1. The summed E-state index contributed by atoms with van der Waals surface area (Å²) in [5, 5.41) is 0.763. The summed E-state index contributed by atoms with van der Waals surface area (Å²) >= 11 is 0. The molecule has 5 nitrogen and oxygen atoms in total. The van der Waals surface area contributed by atoms with Gasteiger partial charge in [0.1, 0.15) is 17.3 Å². The quantitative estimate of drug-likeness (QED) is 0.354. The van der Waals surface area contributed by atoms with Gasteiger partial charge in [-0.3, -0.25) is 0 Å². The lowest BCUT2D eigenvalue weighted by atomic mass is 10.2. The standard InChI is InChI=1S/C25H22F2N2O3/c1-2-32-25(30)23-11-21-19(16-31-15-17-6-4-3-5-7-17)14-29(24(21)12-28-23)13-18-8-9-20(26)10-22(18)27/h3-12,14H,2,13,15-16H2,1H3. The molecule has 0 N–H and O–H groups in total. The monoisotopic (exact) mass is 436 g/mol. The number of carbonyl (C=O) groups excluding carboxylic acids is 1. The van der Waals surface area contributed by atoms with Gasteiger partial charge in [-0.15, -0.1) is 0 Å². The number of nitrogens with zero attached hydrogens (tertiary/aromatic N) is 2. The van der Waals surface area contributed by atoms with E-state index in [2.05, 4.69) is 4.98 Å². The van der Waals surface area contributed by atoms with E-state index < -0.39 is 17.6 Å². The predicted octanol–water partition coefficient (Wildman–Crippen LogP) is 5.26. The Kier molecular flexibility index (Phi) is 6.56. The van der Waals surface area contributed by atoms with Gasteiger partial charge < -0.3 is 14.0 Å². The third-order valence-corrected chi connectivity index (χ3v) is 5.06. The van der Waals surface area contributed by atoms with Gasteiger partial charge >= 0.3 is 5.97 Å². The van der Waals surface area contributed by atoms with Gasteiger partial charge in [0.25, 0.3) is 0 Å². The third-order valence-electron chi connectivity index (χ3n) is 5.06. The van der Waals surface area contributed by atoms with E-state index in [1.165, 1.54) is 12.1 Å². The number of benzene rings is 2. The van der Waals surface area contributed by atoms with Crippen LogP contribution in [-0.4, -0.2) is 22.1 Å². The Hall–Kier alpha value is -3.58. The van der Waals surface area contributed by atoms with Gasteiger partial charge in [-0.25, -0.2) is 18.6 Å². The molecule has 7 heteroatoms. The smallest absolute Gasteiger partial charge is 0.356 e. The molecule has 0 radical (unpaired) electrons. The Balaban J connectivity index is 1.65. The van der Waals surface area contributed by atoms with Gasteiger partial charge in [0.15, 0.2) is 0 Å². The molecule has 0 aliphatic carbocycles. The Morgan fingerprint density at radius 2 is 1.84 bits per heavy atom. The molecule has 0 fully saturated rings. The molecule has 32 heavy (non-hydrogen) atoms. The van der Waals surface area contributed by atoms with Crippen molar-refractivity contribution in [1.29, 1.82) is 0 Å². The fourth-order valence-corrected chi connectivity index (χ4v) is 3.51. The average molecular weight is 436 g/mol. The maximum Gasteiger partial charge on any atom is 0.356 e. The molecule has 2 aromatic heterocycles. The van der Waals surface area contributed by atoms with Crippen molar-refractivity contribution in [2.24, 2.45) is 0 Å². The van der Waals surface area contributed by atoms with E-state index in [4.69, 9.17) is 9.47 Å². The first-order chi connectivity index (χ1) is 15.5. The first-order valence-electron chi connectivity index (χ1n) is 10.3. The molecule has 0 amide bonds. The molecule has 0 atom stereocenters. The molecular weight excluding hydrogens is 414 g/mol. The summed E-state index contributed by atoms with van der Waals surface area (Å²) < 4.78 is 40.3. The van der Waals surface area contributed by atoms with Gasteiger partial charge in [0, 0.05) is 28.8 Å². The van der Waals surface area contributed by atoms with Gasteiger partial charge in [0.05, 0.1) is 38.1 Å². The average Bonchev–Trinajstić information content (AvgIpc) is 3.13. The number of aromatic nitrogens is 2. The van der Waals surface area contributed by atoms with Crippen molar-refractivity contribution in [2.75, 3.05) is 6.61 Å². The zero-order chi connectivity index (χ0) is 22.5. The lowest BCUT2D eigenvalue weighted by Crippen LogP contribution is -2.07. The van der Waals surface area contributed by atoms with Crippen molar-refractivity contribution in [2.45, 2.75) is 26.7 Å². The Labute approximate surface area is 184 Å². The number of hydrogen-bond acceptors (Lipinski definition) is 4. The largest absolute Gasteiger partial charge is 0.461 e. The van der Waals surface area contributed by atoms with E-state index in [1.54, 1.807) is 19.2 Å². The van der Waals surface area contributed by atoms with Crippen molar-refractivity contribution < 1.29 is 23.0 Å². The van der Waals surface area contributed by atoms with Crippen LogP contribution in [-0.2, 0) is 29.2 Å². The summed E-state index contributed by atoms with van der Waals surface area (Å²) in [6, 6.07) is 14.9. The van der Waals surface area contributed by atoms with E-state index in [1.807, 2.05) is 41.1 Å². The Bertz CT molecular complexity index is 1240. The van der Waals surface area contributed by atoms with E-state index in [9.17, 15) is 13.6 Å². The summed E-state index contributed by atoms with van der Waals surface area (Å²) in [6.07, 6.45) is 3.40. The second kappa shape index (κ2) is 9.70. The normalized spacial score (nSPS) is 11.1. The van der Waals surface area contributed by atoms with Crippen molar-refractivity contribution >= 4 is 16.9 Å². The maximum atomic E-state index is 14.2. The predicted molar refractivity (Wildman–Crippen MR) is 116 cm³/mol. The Morgan fingerprint density at radius 3 is 2.59 bits per heavy atom. The second-order valence-corrected chi connectivity index (χ2v) is 7.30. The highest BCUT2D eigenvalue weighted by Gasteiger charge is 2.16. The fraction of sp³-hybridized carbons (Fsp3) is 0.200. The summed E-state index contributed by atoms with van der Waals surface area (Å²) in [5.41, 5.74) is 3.11. The molecule has 0 saturated carbocycles. The van der Waals surface area contributed by atoms with Gasteiger partial charge in [-0.2, -0.15) is 0 Å². The number of carbonyl (C=O) groups is 1. The molecule has 0 bridgehead atoms. The minimum Gasteiger partial charge on any atom is -0.461 e. The summed E-state index contributed by atoms with van der Waals surface area (Å²) in [4.78, 5) is 16.4. The summed E-state index contributed by atoms with van der Waals surface area (Å²) in [7, 11) is 0. The molecule has 0 unspecified atom stereocenters. The zero-order valence-corrected chi connectivity index (χ0v) is 17.6. The van der Waals surface area contributed by atoms with Crippen LogP contribution in [0.1, 0.15) is 34.1 Å². The van der Waals surface area contributed by atoms with Gasteiger partial charge in [-0.1, -0.05) is 36.4 Å². The van der Waals surface area contributed by atoms with E-state index >= 15 is 0 Å². The van der Waals surface area contributed by atoms with E-state index in [-0.39, 0.29) is 25.5 Å². The number of rotatable bonds is 8. The van der Waals surface area contributed by atoms with Crippen LogP contribution < -0.4 is 0 Å². The number of fused-ring (bicyclic) bond motifs is 1. The highest BCUT2D eigenvalue weighted by molar-refractivity contribution is 5.93. The minimum absolute atomic E-state index is 0.182. The topological polar surface area (TPSA) is 53.4 Å². The molecular formula is C25H22F2N2O3. The van der Waals surface area contributed by atoms with Crippen molar-refractivity contribution in [3.63, 3.8) is 0 Å².